The van der Waals surface area contributed by atoms with Crippen molar-refractivity contribution in [3.05, 3.63) is 65.0 Å². The minimum Gasteiger partial charge on any atom is -0.423 e. The van der Waals surface area contributed by atoms with E-state index in [1.165, 1.54) is 29.3 Å². The van der Waals surface area contributed by atoms with Crippen LogP contribution in [0, 0.1) is 0 Å². The molecule has 0 amide bonds. The smallest absolute Gasteiger partial charge is 0.336 e. The zero-order valence-corrected chi connectivity index (χ0v) is 10.4. The molecule has 2 aliphatic rings. The molecule has 2 aliphatic carbocycles. The Labute approximate surface area is 114 Å². The number of hydrogen-bond acceptors (Lipinski definition) is 4. The van der Waals surface area contributed by atoms with Gasteiger partial charge in [0.1, 0.15) is 5.58 Å². The van der Waals surface area contributed by atoms with Gasteiger partial charge in [-0.1, -0.05) is 18.2 Å². The summed E-state index contributed by atoms with van der Waals surface area (Å²) in [7, 11) is 0. The van der Waals surface area contributed by atoms with Crippen LogP contribution in [0.4, 0.5) is 5.69 Å². The van der Waals surface area contributed by atoms with E-state index in [0.29, 0.717) is 11.3 Å². The minimum atomic E-state index is -0.426. The SMILES string of the molecule is O=C=Nc1ccc2ccc(=O)oc2c1.c1cc2cc-2c1. The maximum Gasteiger partial charge on any atom is 0.336 e. The Morgan fingerprint density at radius 2 is 1.70 bits per heavy atom. The molecule has 0 N–H and O–H groups in total. The summed E-state index contributed by atoms with van der Waals surface area (Å²) in [6.45, 7) is 0. The summed E-state index contributed by atoms with van der Waals surface area (Å²) in [5.41, 5.74) is 3.26. The summed E-state index contributed by atoms with van der Waals surface area (Å²) in [6.07, 6.45) is 1.42. The van der Waals surface area contributed by atoms with Crippen LogP contribution in [0.15, 0.2) is 68.8 Å². The van der Waals surface area contributed by atoms with Crippen LogP contribution in [0.5, 0.6) is 0 Å². The van der Waals surface area contributed by atoms with E-state index >= 15 is 0 Å². The van der Waals surface area contributed by atoms with Gasteiger partial charge in [0.2, 0.25) is 6.08 Å². The van der Waals surface area contributed by atoms with Gasteiger partial charge in [-0.2, -0.15) is 4.99 Å². The zero-order valence-electron chi connectivity index (χ0n) is 10.4. The number of aliphatic imine (C=N–C) groups is 1. The first-order valence-corrected chi connectivity index (χ1v) is 5.98. The molecule has 1 aromatic heterocycles. The molecule has 0 saturated heterocycles. The molecule has 0 bridgehead atoms. The molecule has 0 fully saturated rings. The van der Waals surface area contributed by atoms with Crippen molar-refractivity contribution in [2.24, 2.45) is 4.99 Å². The first-order chi connectivity index (χ1) is 9.76. The van der Waals surface area contributed by atoms with Gasteiger partial charge in [0.25, 0.3) is 0 Å². The van der Waals surface area contributed by atoms with Gasteiger partial charge in [-0.25, -0.2) is 9.59 Å². The fourth-order valence-electron chi connectivity index (χ4n) is 1.85. The second kappa shape index (κ2) is 4.96. The van der Waals surface area contributed by atoms with Gasteiger partial charge < -0.3 is 4.42 Å². The van der Waals surface area contributed by atoms with Gasteiger partial charge in [0, 0.05) is 17.5 Å². The minimum absolute atomic E-state index is 0.411. The number of hydrogen-bond donors (Lipinski definition) is 0. The van der Waals surface area contributed by atoms with Gasteiger partial charge in [-0.05, 0) is 35.4 Å². The second-order valence-corrected chi connectivity index (χ2v) is 4.26. The average molecular weight is 263 g/mol. The normalized spacial score (nSPS) is 10.2. The highest BCUT2D eigenvalue weighted by atomic mass is 16.4. The molecule has 4 heteroatoms. The summed E-state index contributed by atoms with van der Waals surface area (Å²) < 4.78 is 4.90. The van der Waals surface area contributed by atoms with Crippen LogP contribution >= 0.6 is 0 Å². The lowest BCUT2D eigenvalue weighted by atomic mass is 10.2. The van der Waals surface area contributed by atoms with Crippen LogP contribution in [0.3, 0.4) is 0 Å². The van der Waals surface area contributed by atoms with E-state index in [4.69, 9.17) is 4.42 Å². The topological polar surface area (TPSA) is 59.6 Å². The highest BCUT2D eigenvalue weighted by molar-refractivity contribution is 5.80. The average Bonchev–Trinajstić information content (AvgIpc) is 3.06. The summed E-state index contributed by atoms with van der Waals surface area (Å²) in [4.78, 5) is 24.3. The van der Waals surface area contributed by atoms with Crippen molar-refractivity contribution in [2.75, 3.05) is 0 Å². The predicted molar refractivity (Wildman–Crippen MR) is 75.7 cm³/mol. The molecule has 1 aromatic carbocycles. The highest BCUT2D eigenvalue weighted by Crippen LogP contribution is 2.32. The van der Waals surface area contributed by atoms with Crippen LogP contribution < -0.4 is 5.63 Å². The molecule has 4 nitrogen and oxygen atoms in total. The fraction of sp³-hybridized carbons (Fsp3) is 0. The van der Waals surface area contributed by atoms with Gasteiger partial charge >= 0.3 is 5.63 Å². The quantitative estimate of drug-likeness (QED) is 0.300. The molecule has 4 rings (SSSR count). The maximum absolute atomic E-state index is 10.9. The molecule has 0 spiro atoms. The monoisotopic (exact) mass is 263 g/mol. The van der Waals surface area contributed by atoms with Crippen LogP contribution in [0.2, 0.25) is 0 Å². The second-order valence-electron chi connectivity index (χ2n) is 4.26. The third-order valence-electron chi connectivity index (χ3n) is 2.89. The molecular weight excluding hydrogens is 254 g/mol. The predicted octanol–water partition coefficient (Wildman–Crippen LogP) is 3.43. The first-order valence-electron chi connectivity index (χ1n) is 5.98. The zero-order chi connectivity index (χ0) is 13.9. The Morgan fingerprint density at radius 1 is 0.950 bits per heavy atom. The van der Waals surface area contributed by atoms with Crippen molar-refractivity contribution in [3.63, 3.8) is 0 Å². The van der Waals surface area contributed by atoms with Crippen LogP contribution in [0.25, 0.3) is 22.1 Å². The first kappa shape index (κ1) is 12.1. The number of fused-ring (bicyclic) bond motifs is 2. The summed E-state index contributed by atoms with van der Waals surface area (Å²) in [5.74, 6) is 0. The highest BCUT2D eigenvalue weighted by Gasteiger charge is 2.07. The van der Waals surface area contributed by atoms with E-state index in [1.54, 1.807) is 18.2 Å². The van der Waals surface area contributed by atoms with Crippen molar-refractivity contribution in [1.29, 1.82) is 0 Å². The van der Waals surface area contributed by atoms with E-state index in [1.807, 2.05) is 0 Å². The van der Waals surface area contributed by atoms with Crippen molar-refractivity contribution in [1.82, 2.24) is 0 Å². The molecule has 1 heterocycles. The van der Waals surface area contributed by atoms with E-state index in [-0.39, 0.29) is 0 Å². The van der Waals surface area contributed by atoms with E-state index in [0.717, 1.165) is 5.39 Å². The van der Waals surface area contributed by atoms with Crippen molar-refractivity contribution >= 4 is 22.7 Å². The molecule has 0 unspecified atom stereocenters. The van der Waals surface area contributed by atoms with E-state index in [2.05, 4.69) is 29.3 Å². The van der Waals surface area contributed by atoms with Crippen LogP contribution in [-0.2, 0) is 4.79 Å². The molecule has 0 saturated carbocycles. The third kappa shape index (κ3) is 2.55. The van der Waals surface area contributed by atoms with Gasteiger partial charge in [0.05, 0.1) is 5.69 Å². The van der Waals surface area contributed by atoms with Gasteiger partial charge in [-0.3, -0.25) is 0 Å². The lowest BCUT2D eigenvalue weighted by molar-refractivity contribution is 0.561. The Bertz CT molecular complexity index is 872. The molecule has 2 aromatic rings. The number of benzene rings is 2. The lowest BCUT2D eigenvalue weighted by Gasteiger charge is -1.95. The summed E-state index contributed by atoms with van der Waals surface area (Å²) >= 11 is 0. The van der Waals surface area contributed by atoms with E-state index < -0.39 is 5.63 Å². The fourth-order valence-corrected chi connectivity index (χ4v) is 1.85. The maximum atomic E-state index is 10.9. The number of carbonyl (C=O) groups excluding carboxylic acids is 1. The Balaban J connectivity index is 0.000000165. The Hall–Kier alpha value is -2.97. The molecule has 0 atom stereocenters. The van der Waals surface area contributed by atoms with Crippen molar-refractivity contribution < 1.29 is 9.21 Å². The lowest BCUT2D eigenvalue weighted by Crippen LogP contribution is -1.93. The summed E-state index contributed by atoms with van der Waals surface area (Å²) in [6, 6.07) is 16.3. The molecule has 96 valence electrons. The third-order valence-corrected chi connectivity index (χ3v) is 2.89. The largest absolute Gasteiger partial charge is 0.423 e. The number of nitrogens with zero attached hydrogens (tertiary/aromatic N) is 1. The van der Waals surface area contributed by atoms with Gasteiger partial charge in [0.15, 0.2) is 0 Å². The number of rotatable bonds is 1. The molecule has 0 radical (unpaired) electrons. The van der Waals surface area contributed by atoms with Gasteiger partial charge in [-0.15, -0.1) is 0 Å². The summed E-state index contributed by atoms with van der Waals surface area (Å²) in [5, 5.41) is 0.787. The molecular formula is C16H9NO3. The Morgan fingerprint density at radius 3 is 2.30 bits per heavy atom. The molecule has 0 aliphatic heterocycles. The van der Waals surface area contributed by atoms with Crippen molar-refractivity contribution in [3.8, 4) is 11.1 Å². The van der Waals surface area contributed by atoms with E-state index in [9.17, 15) is 9.59 Å². The standard InChI is InChI=1S/C10H5NO3.C6H4/c12-6-11-8-3-1-7-2-4-10(13)14-9(7)5-8;1-2-5-4-6(5)3-1/h1-5H;1-4H. The van der Waals surface area contributed by atoms with Crippen molar-refractivity contribution in [2.45, 2.75) is 0 Å². The Kier molecular flexibility index (Phi) is 2.99. The van der Waals surface area contributed by atoms with Crippen LogP contribution in [0.1, 0.15) is 0 Å². The van der Waals surface area contributed by atoms with Crippen LogP contribution in [-0.4, -0.2) is 6.08 Å². The molecule has 20 heavy (non-hydrogen) atoms. The number of isocyanates is 1.